The van der Waals surface area contributed by atoms with Gasteiger partial charge in [-0.25, -0.2) is 4.79 Å². The Morgan fingerprint density at radius 3 is 2.95 bits per heavy atom. The molecule has 20 heavy (non-hydrogen) atoms. The van der Waals surface area contributed by atoms with E-state index in [2.05, 4.69) is 16.9 Å². The van der Waals surface area contributed by atoms with Crippen molar-refractivity contribution in [3.8, 4) is 0 Å². The Balaban J connectivity index is 2.20. The summed E-state index contributed by atoms with van der Waals surface area (Å²) in [5.41, 5.74) is 2.01. The highest BCUT2D eigenvalue weighted by molar-refractivity contribution is 5.93. The Morgan fingerprint density at radius 1 is 1.45 bits per heavy atom. The van der Waals surface area contributed by atoms with Gasteiger partial charge in [-0.3, -0.25) is 10.1 Å². The number of aromatic amines is 1. The minimum Gasteiger partial charge on any atom is -0.481 e. The van der Waals surface area contributed by atoms with Crippen LogP contribution in [0.1, 0.15) is 5.56 Å². The van der Waals surface area contributed by atoms with E-state index in [1.807, 2.05) is 0 Å². The topological polar surface area (TPSA) is 91.4 Å². The molecule has 0 unspecified atom stereocenters. The van der Waals surface area contributed by atoms with Crippen LogP contribution in [0.5, 0.6) is 0 Å². The summed E-state index contributed by atoms with van der Waals surface area (Å²) < 4.78 is 4.81. The maximum Gasteiger partial charge on any atom is 0.411 e. The maximum absolute atomic E-state index is 11.4. The molecule has 1 amide bonds. The van der Waals surface area contributed by atoms with Crippen molar-refractivity contribution in [3.05, 3.63) is 42.6 Å². The van der Waals surface area contributed by atoms with E-state index in [0.29, 0.717) is 11.3 Å². The highest BCUT2D eigenvalue weighted by Crippen LogP contribution is 2.23. The lowest BCUT2D eigenvalue weighted by Crippen LogP contribution is -2.13. The van der Waals surface area contributed by atoms with Crippen LogP contribution in [0.25, 0.3) is 10.9 Å². The molecule has 0 spiro atoms. The molecule has 0 saturated heterocycles. The summed E-state index contributed by atoms with van der Waals surface area (Å²) in [6.07, 6.45) is 2.46. The van der Waals surface area contributed by atoms with Gasteiger partial charge in [0.05, 0.1) is 6.42 Å². The largest absolute Gasteiger partial charge is 0.481 e. The Bertz CT molecular complexity index is 660. The molecule has 2 aromatic rings. The maximum atomic E-state index is 11.4. The zero-order valence-corrected chi connectivity index (χ0v) is 10.7. The molecule has 0 atom stereocenters. The van der Waals surface area contributed by atoms with Gasteiger partial charge in [0.15, 0.2) is 0 Å². The van der Waals surface area contributed by atoms with Crippen LogP contribution in [0, 0.1) is 0 Å². The first kappa shape index (κ1) is 13.7. The van der Waals surface area contributed by atoms with Crippen molar-refractivity contribution >= 4 is 28.7 Å². The van der Waals surface area contributed by atoms with Gasteiger partial charge < -0.3 is 14.8 Å². The number of ether oxygens (including phenoxy) is 1. The summed E-state index contributed by atoms with van der Waals surface area (Å²) >= 11 is 0. The molecule has 1 aromatic heterocycles. The third-order valence-electron chi connectivity index (χ3n) is 2.69. The fraction of sp³-hybridized carbons (Fsp3) is 0.143. The summed E-state index contributed by atoms with van der Waals surface area (Å²) in [6, 6.07) is 5.18. The molecule has 0 fully saturated rings. The van der Waals surface area contributed by atoms with Crippen LogP contribution in [0.2, 0.25) is 0 Å². The predicted octanol–water partition coefficient (Wildman–Crippen LogP) is 2.53. The second-order valence-electron chi connectivity index (χ2n) is 4.16. The van der Waals surface area contributed by atoms with Gasteiger partial charge in [0.2, 0.25) is 0 Å². The van der Waals surface area contributed by atoms with Crippen molar-refractivity contribution < 1.29 is 19.4 Å². The first-order valence-corrected chi connectivity index (χ1v) is 5.96. The van der Waals surface area contributed by atoms with Gasteiger partial charge in [0.25, 0.3) is 0 Å². The number of carboxylic acid groups (broad SMARTS) is 1. The minimum atomic E-state index is -0.908. The number of fused-ring (bicyclic) bond motifs is 1. The highest BCUT2D eigenvalue weighted by atomic mass is 16.5. The fourth-order valence-electron chi connectivity index (χ4n) is 1.85. The van der Waals surface area contributed by atoms with E-state index >= 15 is 0 Å². The van der Waals surface area contributed by atoms with Crippen molar-refractivity contribution in [3.63, 3.8) is 0 Å². The number of carbonyl (C=O) groups excluding carboxylic acids is 1. The molecule has 1 heterocycles. The number of rotatable bonds is 5. The van der Waals surface area contributed by atoms with Gasteiger partial charge in [-0.05, 0) is 23.8 Å². The number of anilines is 1. The van der Waals surface area contributed by atoms with Crippen molar-refractivity contribution in [1.29, 1.82) is 0 Å². The first-order valence-electron chi connectivity index (χ1n) is 5.96. The number of hydrogen-bond acceptors (Lipinski definition) is 3. The summed E-state index contributed by atoms with van der Waals surface area (Å²) in [7, 11) is 0. The molecule has 2 rings (SSSR count). The molecular formula is C14H14N2O4. The number of aliphatic carboxylic acids is 1. The molecule has 0 aliphatic carbocycles. The van der Waals surface area contributed by atoms with Gasteiger partial charge in [-0.15, -0.1) is 0 Å². The van der Waals surface area contributed by atoms with Crippen molar-refractivity contribution in [2.24, 2.45) is 0 Å². The smallest absolute Gasteiger partial charge is 0.411 e. The van der Waals surface area contributed by atoms with Crippen molar-refractivity contribution in [2.45, 2.75) is 6.42 Å². The lowest BCUT2D eigenvalue weighted by atomic mass is 10.1. The number of hydrogen-bond donors (Lipinski definition) is 3. The lowest BCUT2D eigenvalue weighted by molar-refractivity contribution is -0.136. The van der Waals surface area contributed by atoms with E-state index in [9.17, 15) is 9.59 Å². The zero-order chi connectivity index (χ0) is 14.5. The molecule has 3 N–H and O–H groups in total. The van der Waals surface area contributed by atoms with Gasteiger partial charge in [0.1, 0.15) is 6.61 Å². The third kappa shape index (κ3) is 3.17. The quantitative estimate of drug-likeness (QED) is 0.730. The van der Waals surface area contributed by atoms with E-state index in [1.165, 1.54) is 6.08 Å². The molecule has 0 aliphatic heterocycles. The molecule has 0 radical (unpaired) electrons. The lowest BCUT2D eigenvalue weighted by Gasteiger charge is -2.05. The molecule has 104 valence electrons. The van der Waals surface area contributed by atoms with Gasteiger partial charge in [-0.2, -0.15) is 0 Å². The normalized spacial score (nSPS) is 10.2. The first-order chi connectivity index (χ1) is 9.60. The number of carbonyl (C=O) groups is 2. The summed E-state index contributed by atoms with van der Waals surface area (Å²) in [4.78, 5) is 25.2. The summed E-state index contributed by atoms with van der Waals surface area (Å²) in [5.74, 6) is -0.908. The number of amides is 1. The van der Waals surface area contributed by atoms with Crippen LogP contribution < -0.4 is 5.32 Å². The Labute approximate surface area is 115 Å². The van der Waals surface area contributed by atoms with Gasteiger partial charge >= 0.3 is 12.1 Å². The number of nitrogens with one attached hydrogen (secondary N) is 2. The number of carboxylic acids is 1. The third-order valence-corrected chi connectivity index (χ3v) is 2.69. The minimum absolute atomic E-state index is 0.0790. The van der Waals surface area contributed by atoms with E-state index < -0.39 is 12.1 Å². The van der Waals surface area contributed by atoms with E-state index in [1.54, 1.807) is 24.4 Å². The van der Waals surface area contributed by atoms with Crippen LogP contribution in [0.3, 0.4) is 0 Å². The average molecular weight is 274 g/mol. The number of aromatic nitrogens is 1. The van der Waals surface area contributed by atoms with Crippen LogP contribution >= 0.6 is 0 Å². The Hall–Kier alpha value is -2.76. The van der Waals surface area contributed by atoms with Crippen molar-refractivity contribution in [1.82, 2.24) is 4.98 Å². The standard InChI is InChI=1S/C14H14N2O4/c1-2-5-20-14(19)16-10-3-4-12-11(7-10)9(8-15-12)6-13(17)18/h2-4,7-8,15H,1,5-6H2,(H,16,19)(H,17,18). The Kier molecular flexibility index (Phi) is 4.05. The molecular weight excluding hydrogens is 260 g/mol. The highest BCUT2D eigenvalue weighted by Gasteiger charge is 2.09. The number of H-pyrrole nitrogens is 1. The van der Waals surface area contributed by atoms with Crippen molar-refractivity contribution in [2.75, 3.05) is 11.9 Å². The molecule has 0 bridgehead atoms. The molecule has 6 heteroatoms. The van der Waals surface area contributed by atoms with Crippen LogP contribution in [0.4, 0.5) is 10.5 Å². The van der Waals surface area contributed by atoms with E-state index in [4.69, 9.17) is 9.84 Å². The van der Waals surface area contributed by atoms with E-state index in [0.717, 1.165) is 10.9 Å². The SMILES string of the molecule is C=CCOC(=O)Nc1ccc2[nH]cc(CC(=O)O)c2c1. The molecule has 6 nitrogen and oxygen atoms in total. The predicted molar refractivity (Wildman–Crippen MR) is 74.8 cm³/mol. The number of benzene rings is 1. The monoisotopic (exact) mass is 274 g/mol. The van der Waals surface area contributed by atoms with Gasteiger partial charge in [-0.1, -0.05) is 12.7 Å². The average Bonchev–Trinajstić information content (AvgIpc) is 2.78. The van der Waals surface area contributed by atoms with E-state index in [-0.39, 0.29) is 13.0 Å². The molecule has 0 aliphatic rings. The van der Waals surface area contributed by atoms with Crippen LogP contribution in [0.15, 0.2) is 37.1 Å². The Morgan fingerprint density at radius 2 is 2.25 bits per heavy atom. The molecule has 1 aromatic carbocycles. The summed E-state index contributed by atoms with van der Waals surface area (Å²) in [5, 5.41) is 12.2. The fourth-order valence-corrected chi connectivity index (χ4v) is 1.85. The van der Waals surface area contributed by atoms with Crippen LogP contribution in [-0.4, -0.2) is 28.8 Å². The van der Waals surface area contributed by atoms with Crippen LogP contribution in [-0.2, 0) is 16.0 Å². The zero-order valence-electron chi connectivity index (χ0n) is 10.7. The van der Waals surface area contributed by atoms with Gasteiger partial charge in [0, 0.05) is 22.8 Å². The second-order valence-corrected chi connectivity index (χ2v) is 4.16. The second kappa shape index (κ2) is 5.92. The molecule has 0 saturated carbocycles. The summed E-state index contributed by atoms with van der Waals surface area (Å²) in [6.45, 7) is 3.58.